The molecule has 0 spiro atoms. The molecular weight excluding hydrogens is 258 g/mol. The average molecular weight is 281 g/mol. The van der Waals surface area contributed by atoms with Crippen LogP contribution in [0.15, 0.2) is 54.6 Å². The van der Waals surface area contributed by atoms with E-state index in [0.29, 0.717) is 5.75 Å². The number of phenols is 1. The van der Waals surface area contributed by atoms with Crippen molar-refractivity contribution in [2.45, 2.75) is 19.3 Å². The first-order valence-corrected chi connectivity index (χ1v) is 7.84. The monoisotopic (exact) mass is 281 g/mol. The number of hydrogen-bond acceptors (Lipinski definition) is 2. The maximum Gasteiger partial charge on any atom is 0.115 e. The van der Waals surface area contributed by atoms with Crippen molar-refractivity contribution in [1.29, 1.82) is 0 Å². The van der Waals surface area contributed by atoms with Gasteiger partial charge in [0.15, 0.2) is 0 Å². The number of benzene rings is 2. The summed E-state index contributed by atoms with van der Waals surface area (Å²) in [7, 11) is 0. The van der Waals surface area contributed by atoms with E-state index in [1.54, 1.807) is 12.1 Å². The molecule has 1 atom stereocenters. The maximum absolute atomic E-state index is 9.33. The summed E-state index contributed by atoms with van der Waals surface area (Å²) in [5.74, 6) is 1.11. The lowest BCUT2D eigenvalue weighted by Gasteiger charge is -2.16. The fourth-order valence-corrected chi connectivity index (χ4v) is 3.18. The molecule has 3 rings (SSSR count). The number of aromatic hydroxyl groups is 1. The van der Waals surface area contributed by atoms with Gasteiger partial charge in [0.1, 0.15) is 5.75 Å². The Morgan fingerprint density at radius 3 is 2.48 bits per heavy atom. The molecule has 0 aromatic heterocycles. The van der Waals surface area contributed by atoms with E-state index in [2.05, 4.69) is 35.2 Å². The standard InChI is InChI=1S/C19H23NO/c21-19-8-6-17(7-9-19)14-18-11-13-20(15-18)12-10-16-4-2-1-3-5-16/h1-9,18,21H,10-15H2. The van der Waals surface area contributed by atoms with Crippen LogP contribution in [0.2, 0.25) is 0 Å². The minimum Gasteiger partial charge on any atom is -0.508 e. The van der Waals surface area contributed by atoms with E-state index in [1.165, 1.54) is 30.6 Å². The first-order chi connectivity index (χ1) is 10.3. The molecule has 0 saturated carbocycles. The van der Waals surface area contributed by atoms with Gasteiger partial charge in [-0.05, 0) is 55.0 Å². The van der Waals surface area contributed by atoms with Crippen molar-refractivity contribution in [1.82, 2.24) is 4.90 Å². The zero-order valence-electron chi connectivity index (χ0n) is 12.4. The number of likely N-dealkylation sites (tertiary alicyclic amines) is 1. The summed E-state index contributed by atoms with van der Waals surface area (Å²) in [6, 6.07) is 18.4. The predicted molar refractivity (Wildman–Crippen MR) is 86.5 cm³/mol. The molecule has 2 aromatic rings. The van der Waals surface area contributed by atoms with Gasteiger partial charge in [-0.25, -0.2) is 0 Å². The molecule has 1 saturated heterocycles. The molecule has 21 heavy (non-hydrogen) atoms. The Kier molecular flexibility index (Phi) is 4.56. The van der Waals surface area contributed by atoms with Crippen LogP contribution >= 0.6 is 0 Å². The van der Waals surface area contributed by atoms with Crippen molar-refractivity contribution in [2.24, 2.45) is 5.92 Å². The molecule has 110 valence electrons. The first kappa shape index (κ1) is 14.2. The number of nitrogens with zero attached hydrogens (tertiary/aromatic N) is 1. The second-order valence-electron chi connectivity index (χ2n) is 6.06. The minimum absolute atomic E-state index is 0.356. The summed E-state index contributed by atoms with van der Waals surface area (Å²) in [5.41, 5.74) is 2.77. The molecule has 0 radical (unpaired) electrons. The van der Waals surface area contributed by atoms with Crippen molar-refractivity contribution >= 4 is 0 Å². The van der Waals surface area contributed by atoms with Gasteiger partial charge in [0.25, 0.3) is 0 Å². The highest BCUT2D eigenvalue weighted by atomic mass is 16.3. The SMILES string of the molecule is Oc1ccc(CC2CCN(CCc3ccccc3)C2)cc1. The summed E-state index contributed by atoms with van der Waals surface area (Å²) >= 11 is 0. The van der Waals surface area contributed by atoms with Crippen molar-refractivity contribution in [3.63, 3.8) is 0 Å². The van der Waals surface area contributed by atoms with E-state index >= 15 is 0 Å². The third kappa shape index (κ3) is 4.08. The smallest absolute Gasteiger partial charge is 0.115 e. The van der Waals surface area contributed by atoms with Gasteiger partial charge in [0, 0.05) is 13.1 Å². The van der Waals surface area contributed by atoms with Gasteiger partial charge in [-0.2, -0.15) is 0 Å². The summed E-state index contributed by atoms with van der Waals surface area (Å²) in [5, 5.41) is 9.33. The van der Waals surface area contributed by atoms with Crippen LogP contribution in [0.4, 0.5) is 0 Å². The molecular formula is C19H23NO. The summed E-state index contributed by atoms with van der Waals surface area (Å²) in [6.45, 7) is 3.58. The Morgan fingerprint density at radius 2 is 1.71 bits per heavy atom. The van der Waals surface area contributed by atoms with Crippen LogP contribution in [0.5, 0.6) is 5.75 Å². The van der Waals surface area contributed by atoms with Gasteiger partial charge >= 0.3 is 0 Å². The van der Waals surface area contributed by atoms with Crippen molar-refractivity contribution in [3.8, 4) is 5.75 Å². The van der Waals surface area contributed by atoms with E-state index in [4.69, 9.17) is 0 Å². The van der Waals surface area contributed by atoms with Gasteiger partial charge in [0.05, 0.1) is 0 Å². The highest BCUT2D eigenvalue weighted by Crippen LogP contribution is 2.22. The Hall–Kier alpha value is -1.80. The van der Waals surface area contributed by atoms with Crippen LogP contribution in [-0.4, -0.2) is 29.6 Å². The maximum atomic E-state index is 9.33. The van der Waals surface area contributed by atoms with Crippen LogP contribution < -0.4 is 0 Å². The fourth-order valence-electron chi connectivity index (χ4n) is 3.18. The van der Waals surface area contributed by atoms with Crippen LogP contribution in [0, 0.1) is 5.92 Å². The van der Waals surface area contributed by atoms with Crippen LogP contribution in [-0.2, 0) is 12.8 Å². The van der Waals surface area contributed by atoms with Crippen LogP contribution in [0.1, 0.15) is 17.5 Å². The molecule has 1 aliphatic heterocycles. The topological polar surface area (TPSA) is 23.5 Å². The fraction of sp³-hybridized carbons (Fsp3) is 0.368. The average Bonchev–Trinajstić information content (AvgIpc) is 2.96. The highest BCUT2D eigenvalue weighted by Gasteiger charge is 2.22. The van der Waals surface area contributed by atoms with Crippen LogP contribution in [0.25, 0.3) is 0 Å². The Morgan fingerprint density at radius 1 is 0.952 bits per heavy atom. The zero-order chi connectivity index (χ0) is 14.5. The lowest BCUT2D eigenvalue weighted by Crippen LogP contribution is -2.23. The van der Waals surface area contributed by atoms with Crippen molar-refractivity contribution in [3.05, 3.63) is 65.7 Å². The van der Waals surface area contributed by atoms with E-state index < -0.39 is 0 Å². The molecule has 0 aliphatic carbocycles. The molecule has 1 unspecified atom stereocenters. The summed E-state index contributed by atoms with van der Waals surface area (Å²) in [4.78, 5) is 2.58. The third-order valence-corrected chi connectivity index (χ3v) is 4.39. The minimum atomic E-state index is 0.356. The highest BCUT2D eigenvalue weighted by molar-refractivity contribution is 5.26. The Balaban J connectivity index is 1.46. The van der Waals surface area contributed by atoms with E-state index in [9.17, 15) is 5.11 Å². The van der Waals surface area contributed by atoms with E-state index in [-0.39, 0.29) is 0 Å². The summed E-state index contributed by atoms with van der Waals surface area (Å²) < 4.78 is 0. The Labute approximate surface area is 127 Å². The molecule has 1 aliphatic rings. The van der Waals surface area contributed by atoms with E-state index in [0.717, 1.165) is 25.3 Å². The second kappa shape index (κ2) is 6.77. The van der Waals surface area contributed by atoms with Crippen molar-refractivity contribution < 1.29 is 5.11 Å². The molecule has 0 amide bonds. The Bertz CT molecular complexity index is 550. The quantitative estimate of drug-likeness (QED) is 0.906. The number of phenolic OH excluding ortho intramolecular Hbond substituents is 1. The molecule has 1 N–H and O–H groups in total. The van der Waals surface area contributed by atoms with Crippen LogP contribution in [0.3, 0.4) is 0 Å². The molecule has 2 heteroatoms. The molecule has 2 aromatic carbocycles. The largest absolute Gasteiger partial charge is 0.508 e. The lowest BCUT2D eigenvalue weighted by molar-refractivity contribution is 0.328. The molecule has 1 heterocycles. The third-order valence-electron chi connectivity index (χ3n) is 4.39. The van der Waals surface area contributed by atoms with Gasteiger partial charge in [-0.1, -0.05) is 42.5 Å². The van der Waals surface area contributed by atoms with Gasteiger partial charge < -0.3 is 10.0 Å². The normalized spacial score (nSPS) is 19.0. The molecule has 0 bridgehead atoms. The molecule has 2 nitrogen and oxygen atoms in total. The van der Waals surface area contributed by atoms with Crippen molar-refractivity contribution in [2.75, 3.05) is 19.6 Å². The van der Waals surface area contributed by atoms with Gasteiger partial charge in [-0.3, -0.25) is 0 Å². The summed E-state index contributed by atoms with van der Waals surface area (Å²) in [6.07, 6.45) is 3.56. The van der Waals surface area contributed by atoms with E-state index in [1.807, 2.05) is 12.1 Å². The lowest BCUT2D eigenvalue weighted by atomic mass is 9.99. The first-order valence-electron chi connectivity index (χ1n) is 7.84. The predicted octanol–water partition coefficient (Wildman–Crippen LogP) is 3.50. The zero-order valence-corrected chi connectivity index (χ0v) is 12.4. The van der Waals surface area contributed by atoms with Gasteiger partial charge in [0.2, 0.25) is 0 Å². The van der Waals surface area contributed by atoms with Gasteiger partial charge in [-0.15, -0.1) is 0 Å². The second-order valence-corrected chi connectivity index (χ2v) is 6.06. The number of hydrogen-bond donors (Lipinski definition) is 1. The number of rotatable bonds is 5. The molecule has 1 fully saturated rings.